The van der Waals surface area contributed by atoms with Gasteiger partial charge in [0.15, 0.2) is 0 Å². The second kappa shape index (κ2) is 14.3. The van der Waals surface area contributed by atoms with E-state index in [4.69, 9.17) is 11.5 Å². The molecule has 0 aliphatic heterocycles. The van der Waals surface area contributed by atoms with E-state index in [0.717, 1.165) is 0 Å². The van der Waals surface area contributed by atoms with Gasteiger partial charge in [-0.2, -0.15) is 0 Å². The summed E-state index contributed by atoms with van der Waals surface area (Å²) in [5.74, 6) is -2.13. The Kier molecular flexibility index (Phi) is 12.9. The van der Waals surface area contributed by atoms with Crippen molar-refractivity contribution in [2.75, 3.05) is 19.6 Å². The molecule has 0 rings (SSSR count). The Bertz CT molecular complexity index is 572. The third kappa shape index (κ3) is 9.85. The van der Waals surface area contributed by atoms with Gasteiger partial charge in [-0.25, -0.2) is 0 Å². The standard InChI is InChI=1S/C17H33N7O5/c1-4-20-14(26)11(3)22-16(28)12(5-7-18)24-17(29)13(6-8-19)23-15(27)10(2)21-9-25/h9-13H,4-8,18-19H2,1-3H3,(H,20,26)(H,21,25)(H,22,28)(H,23,27)(H,24,29). The molecule has 0 saturated carbocycles. The highest BCUT2D eigenvalue weighted by molar-refractivity contribution is 5.94. The number of carbonyl (C=O) groups excluding carboxylic acids is 5. The minimum Gasteiger partial charge on any atom is -0.355 e. The Morgan fingerprint density at radius 2 is 1.28 bits per heavy atom. The van der Waals surface area contributed by atoms with Gasteiger partial charge in [0.05, 0.1) is 0 Å². The van der Waals surface area contributed by atoms with Gasteiger partial charge in [-0.1, -0.05) is 0 Å². The topological polar surface area (TPSA) is 198 Å². The fourth-order valence-electron chi connectivity index (χ4n) is 2.32. The first kappa shape index (κ1) is 26.3. The molecule has 9 N–H and O–H groups in total. The first-order valence-electron chi connectivity index (χ1n) is 9.50. The van der Waals surface area contributed by atoms with E-state index in [1.54, 1.807) is 6.92 Å². The predicted molar refractivity (Wildman–Crippen MR) is 106 cm³/mol. The molecule has 5 amide bonds. The van der Waals surface area contributed by atoms with Crippen molar-refractivity contribution < 1.29 is 24.0 Å². The van der Waals surface area contributed by atoms with Crippen LogP contribution in [0.1, 0.15) is 33.6 Å². The molecule has 0 aliphatic rings. The number of likely N-dealkylation sites (N-methyl/N-ethyl adjacent to an activating group) is 1. The molecule has 0 radical (unpaired) electrons. The molecular weight excluding hydrogens is 382 g/mol. The normalized spacial score (nSPS) is 14.5. The molecule has 0 bridgehead atoms. The Hall–Kier alpha value is -2.73. The lowest BCUT2D eigenvalue weighted by atomic mass is 10.1. The second-order valence-electron chi connectivity index (χ2n) is 6.41. The van der Waals surface area contributed by atoms with Crippen LogP contribution in [0.4, 0.5) is 0 Å². The minimum absolute atomic E-state index is 0.107. The Morgan fingerprint density at radius 1 is 0.793 bits per heavy atom. The van der Waals surface area contributed by atoms with Gasteiger partial charge in [-0.05, 0) is 46.7 Å². The number of amides is 5. The molecule has 12 nitrogen and oxygen atoms in total. The van der Waals surface area contributed by atoms with Crippen molar-refractivity contribution in [1.82, 2.24) is 26.6 Å². The van der Waals surface area contributed by atoms with E-state index in [1.165, 1.54) is 13.8 Å². The van der Waals surface area contributed by atoms with Gasteiger partial charge in [0.2, 0.25) is 30.0 Å². The monoisotopic (exact) mass is 415 g/mol. The van der Waals surface area contributed by atoms with Gasteiger partial charge in [-0.15, -0.1) is 0 Å². The number of hydrogen-bond donors (Lipinski definition) is 7. The third-order valence-electron chi connectivity index (χ3n) is 3.99. The van der Waals surface area contributed by atoms with E-state index < -0.39 is 41.9 Å². The van der Waals surface area contributed by atoms with E-state index in [9.17, 15) is 24.0 Å². The molecule has 0 aliphatic carbocycles. The van der Waals surface area contributed by atoms with Crippen LogP contribution in [0, 0.1) is 0 Å². The molecule has 0 heterocycles. The molecule has 4 unspecified atom stereocenters. The zero-order valence-electron chi connectivity index (χ0n) is 17.1. The van der Waals surface area contributed by atoms with Crippen LogP contribution in [0.5, 0.6) is 0 Å². The maximum Gasteiger partial charge on any atom is 0.243 e. The SMILES string of the molecule is CCNC(=O)C(C)NC(=O)C(CCN)NC(=O)C(CCN)NC(=O)C(C)NC=O. The summed E-state index contributed by atoms with van der Waals surface area (Å²) < 4.78 is 0. The van der Waals surface area contributed by atoms with Crippen molar-refractivity contribution in [1.29, 1.82) is 0 Å². The van der Waals surface area contributed by atoms with Crippen LogP contribution in [0.15, 0.2) is 0 Å². The molecule has 4 atom stereocenters. The molecule has 166 valence electrons. The molecule has 29 heavy (non-hydrogen) atoms. The van der Waals surface area contributed by atoms with E-state index >= 15 is 0 Å². The average molecular weight is 415 g/mol. The summed E-state index contributed by atoms with van der Waals surface area (Å²) in [7, 11) is 0. The van der Waals surface area contributed by atoms with Crippen LogP contribution in [0.3, 0.4) is 0 Å². The van der Waals surface area contributed by atoms with Crippen LogP contribution < -0.4 is 38.1 Å². The summed E-state index contributed by atoms with van der Waals surface area (Å²) in [4.78, 5) is 59.3. The lowest BCUT2D eigenvalue weighted by Gasteiger charge is -2.24. The summed E-state index contributed by atoms with van der Waals surface area (Å²) in [6.45, 7) is 5.36. The van der Waals surface area contributed by atoms with Gasteiger partial charge in [0, 0.05) is 6.54 Å². The fourth-order valence-corrected chi connectivity index (χ4v) is 2.32. The lowest BCUT2D eigenvalue weighted by molar-refractivity contribution is -0.134. The average Bonchev–Trinajstić information content (AvgIpc) is 2.67. The smallest absolute Gasteiger partial charge is 0.243 e. The largest absolute Gasteiger partial charge is 0.355 e. The molecule has 0 saturated heterocycles. The van der Waals surface area contributed by atoms with Crippen molar-refractivity contribution in [3.8, 4) is 0 Å². The Morgan fingerprint density at radius 3 is 1.72 bits per heavy atom. The summed E-state index contributed by atoms with van der Waals surface area (Å²) in [6, 6.07) is -3.64. The van der Waals surface area contributed by atoms with Gasteiger partial charge in [0.25, 0.3) is 0 Å². The van der Waals surface area contributed by atoms with Crippen molar-refractivity contribution in [2.45, 2.75) is 57.8 Å². The van der Waals surface area contributed by atoms with E-state index in [-0.39, 0.29) is 31.8 Å². The Balaban J connectivity index is 5.08. The van der Waals surface area contributed by atoms with E-state index in [2.05, 4.69) is 26.6 Å². The fraction of sp³-hybridized carbons (Fsp3) is 0.706. The van der Waals surface area contributed by atoms with Gasteiger partial charge >= 0.3 is 0 Å². The molecule has 0 spiro atoms. The molecule has 12 heteroatoms. The lowest BCUT2D eigenvalue weighted by Crippen LogP contribution is -2.58. The molecule has 0 aromatic heterocycles. The van der Waals surface area contributed by atoms with Crippen molar-refractivity contribution in [2.24, 2.45) is 11.5 Å². The summed E-state index contributed by atoms with van der Waals surface area (Å²) in [5.41, 5.74) is 11.0. The zero-order valence-corrected chi connectivity index (χ0v) is 17.1. The predicted octanol–water partition coefficient (Wildman–Crippen LogP) is -3.57. The number of nitrogens with two attached hydrogens (primary N) is 2. The quantitative estimate of drug-likeness (QED) is 0.142. The molecule has 0 aromatic carbocycles. The summed E-state index contributed by atoms with van der Waals surface area (Å²) in [5, 5.41) is 12.4. The summed E-state index contributed by atoms with van der Waals surface area (Å²) >= 11 is 0. The molecule has 0 aromatic rings. The number of rotatable bonds is 14. The highest BCUT2D eigenvalue weighted by atomic mass is 16.2. The first-order valence-corrected chi connectivity index (χ1v) is 9.50. The maximum atomic E-state index is 12.6. The van der Waals surface area contributed by atoms with Gasteiger partial charge < -0.3 is 38.1 Å². The second-order valence-corrected chi connectivity index (χ2v) is 6.41. The molecular formula is C17H33N7O5. The van der Waals surface area contributed by atoms with Crippen molar-refractivity contribution >= 4 is 30.0 Å². The highest BCUT2D eigenvalue weighted by Crippen LogP contribution is 1.99. The van der Waals surface area contributed by atoms with Crippen LogP contribution in [0.2, 0.25) is 0 Å². The van der Waals surface area contributed by atoms with E-state index in [1.807, 2.05) is 0 Å². The van der Waals surface area contributed by atoms with Crippen molar-refractivity contribution in [3.05, 3.63) is 0 Å². The number of nitrogens with one attached hydrogen (secondary N) is 5. The molecule has 0 fully saturated rings. The summed E-state index contributed by atoms with van der Waals surface area (Å²) in [6.07, 6.45) is 0.628. The Labute approximate surface area is 170 Å². The van der Waals surface area contributed by atoms with Crippen LogP contribution in [-0.2, 0) is 24.0 Å². The zero-order chi connectivity index (χ0) is 22.4. The number of hydrogen-bond acceptors (Lipinski definition) is 7. The van der Waals surface area contributed by atoms with Crippen LogP contribution in [-0.4, -0.2) is 73.8 Å². The minimum atomic E-state index is -1.00. The first-order chi connectivity index (χ1) is 13.7. The third-order valence-corrected chi connectivity index (χ3v) is 3.99. The van der Waals surface area contributed by atoms with Crippen molar-refractivity contribution in [3.63, 3.8) is 0 Å². The van der Waals surface area contributed by atoms with Crippen LogP contribution >= 0.6 is 0 Å². The van der Waals surface area contributed by atoms with E-state index in [0.29, 0.717) is 13.0 Å². The number of carbonyl (C=O) groups is 5. The van der Waals surface area contributed by atoms with Gasteiger partial charge in [-0.3, -0.25) is 24.0 Å². The maximum absolute atomic E-state index is 12.6. The highest BCUT2D eigenvalue weighted by Gasteiger charge is 2.28. The van der Waals surface area contributed by atoms with Gasteiger partial charge in [0.1, 0.15) is 24.2 Å². The van der Waals surface area contributed by atoms with Crippen LogP contribution in [0.25, 0.3) is 0 Å².